The van der Waals surface area contributed by atoms with Gasteiger partial charge >= 0.3 is 5.97 Å². The van der Waals surface area contributed by atoms with E-state index < -0.39 is 0 Å². The third-order valence-corrected chi connectivity index (χ3v) is 4.55. The Morgan fingerprint density at radius 1 is 1.20 bits per heavy atom. The number of hydrogen-bond donors (Lipinski definition) is 0. The van der Waals surface area contributed by atoms with Crippen molar-refractivity contribution < 1.29 is 14.3 Å². The zero-order valence-corrected chi connectivity index (χ0v) is 14.4. The first kappa shape index (κ1) is 15.6. The summed E-state index contributed by atoms with van der Waals surface area (Å²) in [7, 11) is 3.03. The Morgan fingerprint density at radius 2 is 1.92 bits per heavy atom. The van der Waals surface area contributed by atoms with Crippen molar-refractivity contribution in [1.29, 1.82) is 0 Å². The first-order chi connectivity index (χ1) is 12.1. The van der Waals surface area contributed by atoms with Crippen molar-refractivity contribution in [3.63, 3.8) is 0 Å². The van der Waals surface area contributed by atoms with Crippen LogP contribution in [0.5, 0.6) is 5.75 Å². The molecule has 0 atom stereocenters. The summed E-state index contributed by atoms with van der Waals surface area (Å²) < 4.78 is 12.0. The lowest BCUT2D eigenvalue weighted by Crippen LogP contribution is -2.06. The highest BCUT2D eigenvalue weighted by Crippen LogP contribution is 2.40. The Hall–Kier alpha value is -2.89. The highest BCUT2D eigenvalue weighted by molar-refractivity contribution is 6.04. The first-order valence-electron chi connectivity index (χ1n) is 8.25. The molecule has 128 valence electrons. The van der Waals surface area contributed by atoms with E-state index in [9.17, 15) is 4.79 Å². The molecule has 0 saturated heterocycles. The fourth-order valence-electron chi connectivity index (χ4n) is 3.07. The van der Waals surface area contributed by atoms with E-state index in [4.69, 9.17) is 14.5 Å². The molecule has 0 N–H and O–H groups in total. The number of benzene rings is 1. The van der Waals surface area contributed by atoms with E-state index in [1.807, 2.05) is 37.3 Å². The van der Waals surface area contributed by atoms with Crippen LogP contribution in [0.1, 0.15) is 40.5 Å². The summed E-state index contributed by atoms with van der Waals surface area (Å²) in [5, 5.41) is 5.36. The summed E-state index contributed by atoms with van der Waals surface area (Å²) in [5.74, 6) is 0.845. The number of rotatable bonds is 4. The van der Waals surface area contributed by atoms with E-state index >= 15 is 0 Å². The molecule has 0 bridgehead atoms. The number of aryl methyl sites for hydroxylation is 1. The second-order valence-electron chi connectivity index (χ2n) is 6.25. The number of methoxy groups -OCH3 is 2. The maximum Gasteiger partial charge on any atom is 0.338 e. The van der Waals surface area contributed by atoms with Crippen LogP contribution in [-0.4, -0.2) is 35.0 Å². The number of hydrogen-bond acceptors (Lipinski definition) is 5. The van der Waals surface area contributed by atoms with Crippen molar-refractivity contribution in [3.8, 4) is 11.4 Å². The van der Waals surface area contributed by atoms with Gasteiger partial charge in [0, 0.05) is 11.6 Å². The van der Waals surface area contributed by atoms with Gasteiger partial charge in [0.2, 0.25) is 0 Å². The molecular formula is C19H19N3O3. The SMILES string of the molecule is COC(=O)c1cc(C2CC2)nc2c1c(C)nn2-c1ccc(OC)cc1. The molecule has 0 amide bonds. The average Bonchev–Trinajstić information content (AvgIpc) is 3.45. The topological polar surface area (TPSA) is 66.2 Å². The minimum absolute atomic E-state index is 0.355. The predicted octanol–water partition coefficient (Wildman–Crippen LogP) is 3.40. The standard InChI is InChI=1S/C19H19N3O3/c1-11-17-15(19(23)25-3)10-16(12-4-5-12)20-18(17)22(21-11)13-6-8-14(24-2)9-7-13/h6-10,12H,4-5H2,1-3H3. The second-order valence-corrected chi connectivity index (χ2v) is 6.25. The van der Waals surface area contributed by atoms with Gasteiger partial charge in [-0.2, -0.15) is 5.10 Å². The molecule has 3 aromatic rings. The van der Waals surface area contributed by atoms with Crippen molar-refractivity contribution in [2.45, 2.75) is 25.7 Å². The number of pyridine rings is 1. The van der Waals surface area contributed by atoms with Gasteiger partial charge in [0.1, 0.15) is 5.75 Å². The number of aromatic nitrogens is 3. The van der Waals surface area contributed by atoms with Gasteiger partial charge in [-0.1, -0.05) is 0 Å². The normalized spacial score (nSPS) is 13.9. The smallest absolute Gasteiger partial charge is 0.338 e. The van der Waals surface area contributed by atoms with E-state index in [1.165, 1.54) is 7.11 Å². The van der Waals surface area contributed by atoms with Crippen LogP contribution in [0, 0.1) is 6.92 Å². The third-order valence-electron chi connectivity index (χ3n) is 4.55. The molecule has 4 rings (SSSR count). The van der Waals surface area contributed by atoms with Crippen molar-refractivity contribution in [1.82, 2.24) is 14.8 Å². The molecule has 0 radical (unpaired) electrons. The van der Waals surface area contributed by atoms with Crippen LogP contribution in [0.15, 0.2) is 30.3 Å². The second kappa shape index (κ2) is 5.88. The molecule has 1 fully saturated rings. The van der Waals surface area contributed by atoms with Gasteiger partial charge in [0.15, 0.2) is 5.65 Å². The van der Waals surface area contributed by atoms with Crippen molar-refractivity contribution >= 4 is 17.0 Å². The van der Waals surface area contributed by atoms with Gasteiger partial charge in [-0.3, -0.25) is 0 Å². The summed E-state index contributed by atoms with van der Waals surface area (Å²) in [6.45, 7) is 1.88. The van der Waals surface area contributed by atoms with Gasteiger partial charge in [-0.15, -0.1) is 0 Å². The zero-order chi connectivity index (χ0) is 17.6. The lowest BCUT2D eigenvalue weighted by molar-refractivity contribution is 0.0602. The Kier molecular flexibility index (Phi) is 3.67. The van der Waals surface area contributed by atoms with Crippen LogP contribution in [0.3, 0.4) is 0 Å². The van der Waals surface area contributed by atoms with Gasteiger partial charge in [-0.25, -0.2) is 14.5 Å². The first-order valence-corrected chi connectivity index (χ1v) is 8.25. The maximum absolute atomic E-state index is 12.3. The number of carbonyl (C=O) groups excluding carboxylic acids is 1. The number of carbonyl (C=O) groups is 1. The van der Waals surface area contributed by atoms with Crippen LogP contribution in [0.4, 0.5) is 0 Å². The summed E-state index contributed by atoms with van der Waals surface area (Å²) >= 11 is 0. The van der Waals surface area contributed by atoms with Crippen molar-refractivity contribution in [2.75, 3.05) is 14.2 Å². The summed E-state index contributed by atoms with van der Waals surface area (Å²) in [6, 6.07) is 9.47. The fraction of sp³-hybridized carbons (Fsp3) is 0.316. The molecule has 2 aromatic heterocycles. The highest BCUT2D eigenvalue weighted by Gasteiger charge is 2.29. The minimum Gasteiger partial charge on any atom is -0.497 e. The number of fused-ring (bicyclic) bond motifs is 1. The molecular weight excluding hydrogens is 318 g/mol. The zero-order valence-electron chi connectivity index (χ0n) is 14.4. The molecule has 1 aliphatic carbocycles. The third kappa shape index (κ3) is 2.63. The van der Waals surface area contributed by atoms with Gasteiger partial charge in [-0.05, 0) is 50.1 Å². The molecule has 1 aromatic carbocycles. The van der Waals surface area contributed by atoms with E-state index in [1.54, 1.807) is 11.8 Å². The van der Waals surface area contributed by atoms with Crippen LogP contribution in [-0.2, 0) is 4.74 Å². The largest absolute Gasteiger partial charge is 0.497 e. The van der Waals surface area contributed by atoms with Gasteiger partial charge < -0.3 is 9.47 Å². The van der Waals surface area contributed by atoms with Gasteiger partial charge in [0.25, 0.3) is 0 Å². The highest BCUT2D eigenvalue weighted by atomic mass is 16.5. The Morgan fingerprint density at radius 3 is 2.52 bits per heavy atom. The predicted molar refractivity (Wildman–Crippen MR) is 93.5 cm³/mol. The lowest BCUT2D eigenvalue weighted by Gasteiger charge is -2.08. The van der Waals surface area contributed by atoms with Crippen molar-refractivity contribution in [3.05, 3.63) is 47.3 Å². The molecule has 1 saturated carbocycles. The van der Waals surface area contributed by atoms with E-state index in [0.29, 0.717) is 17.1 Å². The van der Waals surface area contributed by atoms with Crippen LogP contribution in [0.2, 0.25) is 0 Å². The van der Waals surface area contributed by atoms with Crippen LogP contribution >= 0.6 is 0 Å². The van der Waals surface area contributed by atoms with E-state index in [2.05, 4.69) is 5.10 Å². The van der Waals surface area contributed by atoms with Crippen LogP contribution < -0.4 is 4.74 Å². The Labute approximate surface area is 145 Å². The van der Waals surface area contributed by atoms with Crippen molar-refractivity contribution in [2.24, 2.45) is 0 Å². The molecule has 6 nitrogen and oxygen atoms in total. The van der Waals surface area contributed by atoms with Gasteiger partial charge in [0.05, 0.1) is 36.6 Å². The quantitative estimate of drug-likeness (QED) is 0.683. The monoisotopic (exact) mass is 337 g/mol. The summed E-state index contributed by atoms with van der Waals surface area (Å²) in [5.41, 5.74) is 3.78. The molecule has 1 aliphatic rings. The average molecular weight is 337 g/mol. The maximum atomic E-state index is 12.3. The Balaban J connectivity index is 1.95. The van der Waals surface area contributed by atoms with E-state index in [-0.39, 0.29) is 5.97 Å². The summed E-state index contributed by atoms with van der Waals surface area (Å²) in [4.78, 5) is 17.1. The van der Waals surface area contributed by atoms with Crippen LogP contribution in [0.25, 0.3) is 16.7 Å². The molecule has 2 heterocycles. The molecule has 0 unspecified atom stereocenters. The number of ether oxygens (including phenoxy) is 2. The number of esters is 1. The molecule has 0 aliphatic heterocycles. The number of nitrogens with zero attached hydrogens (tertiary/aromatic N) is 3. The van der Waals surface area contributed by atoms with E-state index in [0.717, 1.165) is 41.1 Å². The fourth-order valence-corrected chi connectivity index (χ4v) is 3.07. The molecule has 25 heavy (non-hydrogen) atoms. The minimum atomic E-state index is -0.355. The summed E-state index contributed by atoms with van der Waals surface area (Å²) in [6.07, 6.45) is 2.21. The molecule has 0 spiro atoms. The molecule has 6 heteroatoms. The Bertz CT molecular complexity index is 956. The lowest BCUT2D eigenvalue weighted by atomic mass is 10.1.